The molecule has 6 heteroatoms. The van der Waals surface area contributed by atoms with Crippen LogP contribution in [-0.4, -0.2) is 52.8 Å². The van der Waals surface area contributed by atoms with Crippen molar-refractivity contribution in [2.24, 2.45) is 11.3 Å². The van der Waals surface area contributed by atoms with E-state index in [1.54, 1.807) is 6.20 Å². The van der Waals surface area contributed by atoms with Crippen LogP contribution in [-0.2, 0) is 16.1 Å². The predicted octanol–water partition coefficient (Wildman–Crippen LogP) is 4.72. The molecule has 1 aromatic heterocycles. The highest BCUT2D eigenvalue weighted by Crippen LogP contribution is 2.42. The van der Waals surface area contributed by atoms with Crippen LogP contribution in [0.3, 0.4) is 0 Å². The number of benzene rings is 1. The summed E-state index contributed by atoms with van der Waals surface area (Å²) in [6, 6.07) is 14.4. The minimum Gasteiger partial charge on any atom is -0.349 e. The van der Waals surface area contributed by atoms with E-state index in [0.717, 1.165) is 70.3 Å². The van der Waals surface area contributed by atoms with E-state index in [-0.39, 0.29) is 23.3 Å². The maximum atomic E-state index is 13.4. The maximum absolute atomic E-state index is 13.4. The average molecular weight is 489 g/mol. The van der Waals surface area contributed by atoms with Gasteiger partial charge in [-0.1, -0.05) is 55.7 Å². The largest absolute Gasteiger partial charge is 0.349 e. The summed E-state index contributed by atoms with van der Waals surface area (Å²) >= 11 is 0. The topological polar surface area (TPSA) is 65.5 Å². The Bertz CT molecular complexity index is 998. The number of carbonyl (C=O) groups excluding carboxylic acids is 2. The summed E-state index contributed by atoms with van der Waals surface area (Å²) in [6.45, 7) is 4.35. The zero-order chi connectivity index (χ0) is 24.8. The number of nitrogens with one attached hydrogen (secondary N) is 1. The zero-order valence-corrected chi connectivity index (χ0v) is 21.4. The summed E-state index contributed by atoms with van der Waals surface area (Å²) in [5.41, 5.74) is 2.10. The standard InChI is InChI=1S/C30H40N4O2/c35-28(26-11-5-2-6-12-26)32-27(25-9-3-1-4-10-25)13-18-33-19-14-30(15-20-33)16-21-34(29(30)36)23-24-8-7-17-31-22-24/h1,3-4,7-10,17,22,26-27H,2,5-6,11-16,18-21,23H2,(H,32,35). The molecule has 1 saturated carbocycles. The van der Waals surface area contributed by atoms with Crippen LogP contribution < -0.4 is 5.32 Å². The molecule has 1 N–H and O–H groups in total. The van der Waals surface area contributed by atoms with Gasteiger partial charge in [-0.05, 0) is 68.8 Å². The third-order valence-electron chi connectivity index (χ3n) is 8.74. The molecule has 36 heavy (non-hydrogen) atoms. The van der Waals surface area contributed by atoms with Crippen LogP contribution in [0.25, 0.3) is 0 Å². The number of likely N-dealkylation sites (tertiary alicyclic amines) is 2. The summed E-state index contributed by atoms with van der Waals surface area (Å²) < 4.78 is 0. The molecule has 3 fully saturated rings. The van der Waals surface area contributed by atoms with Crippen LogP contribution in [0.15, 0.2) is 54.9 Å². The number of rotatable bonds is 8. The van der Waals surface area contributed by atoms with Gasteiger partial charge in [-0.3, -0.25) is 14.6 Å². The van der Waals surface area contributed by atoms with Crippen molar-refractivity contribution in [1.29, 1.82) is 0 Å². The number of amides is 2. The SMILES string of the molecule is O=C(NC(CCN1CCC2(CC1)CCN(Cc1cccnc1)C2=O)c1ccccc1)C1CCCCC1. The fraction of sp³-hybridized carbons (Fsp3) is 0.567. The lowest BCUT2D eigenvalue weighted by Crippen LogP contribution is -2.45. The lowest BCUT2D eigenvalue weighted by molar-refractivity contribution is -0.139. The van der Waals surface area contributed by atoms with Crippen LogP contribution in [0.4, 0.5) is 0 Å². The normalized spacial score (nSPS) is 21.6. The highest BCUT2D eigenvalue weighted by molar-refractivity contribution is 5.85. The fourth-order valence-corrected chi connectivity index (χ4v) is 6.40. The van der Waals surface area contributed by atoms with E-state index in [1.165, 1.54) is 24.8 Å². The van der Waals surface area contributed by atoms with Crippen molar-refractivity contribution in [1.82, 2.24) is 20.1 Å². The molecule has 5 rings (SSSR count). The van der Waals surface area contributed by atoms with Gasteiger partial charge >= 0.3 is 0 Å². The van der Waals surface area contributed by atoms with E-state index in [9.17, 15) is 9.59 Å². The van der Waals surface area contributed by atoms with Crippen LogP contribution in [0.5, 0.6) is 0 Å². The highest BCUT2D eigenvalue weighted by atomic mass is 16.2. The summed E-state index contributed by atoms with van der Waals surface area (Å²) in [5.74, 6) is 0.724. The quantitative estimate of drug-likeness (QED) is 0.584. The summed E-state index contributed by atoms with van der Waals surface area (Å²) in [5, 5.41) is 3.40. The van der Waals surface area contributed by atoms with Crippen LogP contribution in [0, 0.1) is 11.3 Å². The molecule has 2 aliphatic heterocycles. The highest BCUT2D eigenvalue weighted by Gasteiger charge is 2.47. The number of pyridine rings is 1. The van der Waals surface area contributed by atoms with Crippen molar-refractivity contribution < 1.29 is 9.59 Å². The second-order valence-corrected chi connectivity index (χ2v) is 11.1. The van der Waals surface area contributed by atoms with E-state index >= 15 is 0 Å². The first-order valence-electron chi connectivity index (χ1n) is 13.9. The lowest BCUT2D eigenvalue weighted by Gasteiger charge is -2.38. The molecule has 2 saturated heterocycles. The van der Waals surface area contributed by atoms with Crippen molar-refractivity contribution in [3.05, 3.63) is 66.0 Å². The third kappa shape index (κ3) is 5.80. The Kier molecular flexibility index (Phi) is 8.00. The van der Waals surface area contributed by atoms with E-state index in [1.807, 2.05) is 29.3 Å². The Morgan fingerprint density at radius 1 is 1.00 bits per heavy atom. The number of hydrogen-bond acceptors (Lipinski definition) is 4. The van der Waals surface area contributed by atoms with Crippen LogP contribution in [0.1, 0.15) is 75.0 Å². The van der Waals surface area contributed by atoms with Gasteiger partial charge in [0.2, 0.25) is 11.8 Å². The molecule has 2 aromatic rings. The second kappa shape index (κ2) is 11.5. The molecule has 192 valence electrons. The van der Waals surface area contributed by atoms with Gasteiger partial charge in [0.15, 0.2) is 0 Å². The number of piperidine rings is 1. The molecule has 1 aromatic carbocycles. The van der Waals surface area contributed by atoms with Crippen LogP contribution in [0.2, 0.25) is 0 Å². The first-order valence-corrected chi connectivity index (χ1v) is 13.9. The van der Waals surface area contributed by atoms with Gasteiger partial charge < -0.3 is 15.1 Å². The van der Waals surface area contributed by atoms with E-state index in [2.05, 4.69) is 39.5 Å². The number of hydrogen-bond donors (Lipinski definition) is 1. The van der Waals surface area contributed by atoms with E-state index in [0.29, 0.717) is 12.5 Å². The Labute approximate surface area is 215 Å². The molecule has 3 aliphatic rings. The molecule has 2 amide bonds. The fourth-order valence-electron chi connectivity index (χ4n) is 6.40. The van der Waals surface area contributed by atoms with Gasteiger partial charge in [0.1, 0.15) is 0 Å². The lowest BCUT2D eigenvalue weighted by atomic mass is 9.77. The second-order valence-electron chi connectivity index (χ2n) is 11.1. The van der Waals surface area contributed by atoms with Crippen molar-refractivity contribution in [3.8, 4) is 0 Å². The minimum atomic E-state index is -0.188. The van der Waals surface area contributed by atoms with Gasteiger partial charge in [-0.25, -0.2) is 0 Å². The van der Waals surface area contributed by atoms with Crippen molar-refractivity contribution >= 4 is 11.8 Å². The summed E-state index contributed by atoms with van der Waals surface area (Å²) in [7, 11) is 0. The predicted molar refractivity (Wildman–Crippen MR) is 141 cm³/mol. The molecule has 0 bridgehead atoms. The first kappa shape index (κ1) is 24.9. The molecule has 6 nitrogen and oxygen atoms in total. The average Bonchev–Trinajstić information content (AvgIpc) is 3.23. The van der Waals surface area contributed by atoms with E-state index in [4.69, 9.17) is 0 Å². The van der Waals surface area contributed by atoms with Crippen molar-refractivity contribution in [2.45, 2.75) is 70.4 Å². The summed E-state index contributed by atoms with van der Waals surface area (Å²) in [6.07, 6.45) is 13.0. The Balaban J connectivity index is 1.14. The molecule has 3 heterocycles. The molecular weight excluding hydrogens is 448 g/mol. The molecule has 0 radical (unpaired) electrons. The van der Waals surface area contributed by atoms with Crippen molar-refractivity contribution in [2.75, 3.05) is 26.2 Å². The van der Waals surface area contributed by atoms with Gasteiger partial charge in [0.25, 0.3) is 0 Å². The number of nitrogens with zero attached hydrogens (tertiary/aromatic N) is 3. The minimum absolute atomic E-state index is 0.0413. The smallest absolute Gasteiger partial charge is 0.229 e. The molecule has 1 spiro atoms. The molecule has 1 aliphatic carbocycles. The molecular formula is C30H40N4O2. The number of aromatic nitrogens is 1. The number of carbonyl (C=O) groups is 2. The Morgan fingerprint density at radius 3 is 2.47 bits per heavy atom. The van der Waals surface area contributed by atoms with E-state index < -0.39 is 0 Å². The molecule has 1 atom stereocenters. The zero-order valence-electron chi connectivity index (χ0n) is 21.4. The summed E-state index contributed by atoms with van der Waals surface area (Å²) in [4.78, 5) is 35.1. The molecule has 1 unspecified atom stereocenters. The van der Waals surface area contributed by atoms with Gasteiger partial charge in [-0.2, -0.15) is 0 Å². The maximum Gasteiger partial charge on any atom is 0.229 e. The Morgan fingerprint density at radius 2 is 1.75 bits per heavy atom. The first-order chi connectivity index (χ1) is 17.6. The van der Waals surface area contributed by atoms with Gasteiger partial charge in [0, 0.05) is 37.9 Å². The monoisotopic (exact) mass is 488 g/mol. The van der Waals surface area contributed by atoms with Crippen LogP contribution >= 0.6 is 0 Å². The Hall–Kier alpha value is -2.73. The third-order valence-corrected chi connectivity index (χ3v) is 8.74. The van der Waals surface area contributed by atoms with Gasteiger partial charge in [0.05, 0.1) is 11.5 Å². The van der Waals surface area contributed by atoms with Crippen molar-refractivity contribution in [3.63, 3.8) is 0 Å². The van der Waals surface area contributed by atoms with Gasteiger partial charge in [-0.15, -0.1) is 0 Å².